The minimum absolute atomic E-state index is 0.0860. The van der Waals surface area contributed by atoms with Crippen molar-refractivity contribution in [3.63, 3.8) is 0 Å². The van der Waals surface area contributed by atoms with E-state index >= 15 is 0 Å². The number of carbonyl (C=O) groups excluding carboxylic acids is 1. The minimum atomic E-state index is -0.532. The second kappa shape index (κ2) is 8.15. The third-order valence-corrected chi connectivity index (χ3v) is 4.44. The van der Waals surface area contributed by atoms with Crippen molar-refractivity contribution in [3.05, 3.63) is 17.9 Å². The molecule has 1 amide bonds. The van der Waals surface area contributed by atoms with Crippen LogP contribution in [0.15, 0.2) is 12.1 Å². The highest BCUT2D eigenvalue weighted by Crippen LogP contribution is 2.32. The van der Waals surface area contributed by atoms with Crippen LogP contribution in [0.2, 0.25) is 0 Å². The van der Waals surface area contributed by atoms with Gasteiger partial charge in [0.25, 0.3) is 0 Å². The molecule has 6 heteroatoms. The Balaban J connectivity index is 2.00. The lowest BCUT2D eigenvalue weighted by Crippen LogP contribution is -2.32. The first-order valence-electron chi connectivity index (χ1n) is 7.97. The number of amides is 1. The zero-order valence-electron chi connectivity index (χ0n) is 13.9. The fraction of sp³-hybridized carbons (Fsp3) is 0.588. The van der Waals surface area contributed by atoms with Crippen LogP contribution in [-0.4, -0.2) is 33.2 Å². The van der Waals surface area contributed by atoms with Gasteiger partial charge >= 0.3 is 0 Å². The van der Waals surface area contributed by atoms with Crippen molar-refractivity contribution in [1.82, 2.24) is 5.32 Å². The summed E-state index contributed by atoms with van der Waals surface area (Å²) in [6, 6.07) is 2.66. The molecule has 2 rings (SSSR count). The number of nitrogens with one attached hydrogen (secondary N) is 2. The van der Waals surface area contributed by atoms with Gasteiger partial charge in [0.15, 0.2) is 11.6 Å². The number of rotatable bonds is 6. The molecule has 2 N–H and O–H groups in total. The average molecular weight is 324 g/mol. The number of anilines is 1. The van der Waals surface area contributed by atoms with Crippen LogP contribution in [0.25, 0.3) is 0 Å². The number of carbonyl (C=O) groups is 1. The summed E-state index contributed by atoms with van der Waals surface area (Å²) in [5, 5.41) is 6.07. The van der Waals surface area contributed by atoms with Crippen molar-refractivity contribution in [2.75, 3.05) is 32.6 Å². The van der Waals surface area contributed by atoms with E-state index < -0.39 is 5.82 Å². The Morgan fingerprint density at radius 3 is 2.57 bits per heavy atom. The van der Waals surface area contributed by atoms with Gasteiger partial charge in [0.05, 0.1) is 19.9 Å². The topological polar surface area (TPSA) is 59.6 Å². The number of methoxy groups -OCH3 is 2. The summed E-state index contributed by atoms with van der Waals surface area (Å²) >= 11 is 0. The van der Waals surface area contributed by atoms with Crippen molar-refractivity contribution in [2.24, 2.45) is 11.8 Å². The van der Waals surface area contributed by atoms with Gasteiger partial charge in [-0.3, -0.25) is 4.79 Å². The van der Waals surface area contributed by atoms with Gasteiger partial charge in [-0.15, -0.1) is 0 Å². The third kappa shape index (κ3) is 4.58. The van der Waals surface area contributed by atoms with Gasteiger partial charge in [0.1, 0.15) is 5.75 Å². The van der Waals surface area contributed by atoms with E-state index in [1.54, 1.807) is 0 Å². The molecule has 0 spiro atoms. The lowest BCUT2D eigenvalue weighted by molar-refractivity contribution is -0.117. The second-order valence-electron chi connectivity index (χ2n) is 6.00. The molecule has 1 aliphatic heterocycles. The Bertz CT molecular complexity index is 545. The summed E-state index contributed by atoms with van der Waals surface area (Å²) in [6.07, 6.45) is 2.60. The maximum Gasteiger partial charge on any atom is 0.224 e. The van der Waals surface area contributed by atoms with E-state index in [-0.39, 0.29) is 11.7 Å². The molecule has 1 atom stereocenters. The summed E-state index contributed by atoms with van der Waals surface area (Å²) in [5.41, 5.74) is 0.327. The summed E-state index contributed by atoms with van der Waals surface area (Å²) in [4.78, 5) is 12.3. The first-order valence-corrected chi connectivity index (χ1v) is 7.97. The molecule has 0 bridgehead atoms. The van der Waals surface area contributed by atoms with Crippen LogP contribution >= 0.6 is 0 Å². The van der Waals surface area contributed by atoms with Gasteiger partial charge in [-0.1, -0.05) is 6.92 Å². The van der Waals surface area contributed by atoms with Crippen LogP contribution in [0, 0.1) is 17.7 Å². The van der Waals surface area contributed by atoms with Crippen LogP contribution < -0.4 is 20.1 Å². The summed E-state index contributed by atoms with van der Waals surface area (Å²) in [5.74, 6) is 0.658. The van der Waals surface area contributed by atoms with Gasteiger partial charge in [-0.05, 0) is 37.8 Å². The number of hydrogen-bond acceptors (Lipinski definition) is 4. The zero-order valence-corrected chi connectivity index (χ0v) is 13.9. The highest BCUT2D eigenvalue weighted by Gasteiger charge is 2.22. The largest absolute Gasteiger partial charge is 0.494 e. The van der Waals surface area contributed by atoms with E-state index in [9.17, 15) is 9.18 Å². The normalized spacial score (nSPS) is 16.7. The van der Waals surface area contributed by atoms with E-state index in [1.807, 2.05) is 0 Å². The molecule has 0 radical (unpaired) electrons. The van der Waals surface area contributed by atoms with Crippen LogP contribution in [0.5, 0.6) is 11.5 Å². The lowest BCUT2D eigenvalue weighted by atomic mass is 9.84. The van der Waals surface area contributed by atoms with Crippen LogP contribution in [-0.2, 0) is 4.79 Å². The molecule has 0 aliphatic carbocycles. The molecule has 128 valence electrons. The van der Waals surface area contributed by atoms with Crippen molar-refractivity contribution in [2.45, 2.75) is 26.2 Å². The molecule has 1 aliphatic rings. The minimum Gasteiger partial charge on any atom is -0.494 e. The molecule has 1 saturated heterocycles. The van der Waals surface area contributed by atoms with E-state index in [4.69, 9.17) is 9.47 Å². The standard InChI is InChI=1S/C17H25FN2O3/c1-11(12-4-6-19-7-5-12)8-17(21)20-14-9-13(18)15(22-2)10-16(14)23-3/h9-12,19H,4-8H2,1-3H3,(H,20,21). The smallest absolute Gasteiger partial charge is 0.224 e. The van der Waals surface area contributed by atoms with Crippen LogP contribution in [0.4, 0.5) is 10.1 Å². The molecule has 1 heterocycles. The molecule has 0 aromatic heterocycles. The molecule has 1 aromatic carbocycles. The van der Waals surface area contributed by atoms with Crippen molar-refractivity contribution in [1.29, 1.82) is 0 Å². The number of benzene rings is 1. The van der Waals surface area contributed by atoms with Crippen LogP contribution in [0.3, 0.4) is 0 Å². The first kappa shape index (κ1) is 17.5. The molecular weight excluding hydrogens is 299 g/mol. The Labute approximate surface area is 136 Å². The van der Waals surface area contributed by atoms with E-state index in [2.05, 4.69) is 17.6 Å². The van der Waals surface area contributed by atoms with Crippen molar-refractivity contribution < 1.29 is 18.7 Å². The molecule has 1 aromatic rings. The molecule has 1 fully saturated rings. The lowest BCUT2D eigenvalue weighted by Gasteiger charge is -2.28. The zero-order chi connectivity index (χ0) is 16.8. The fourth-order valence-electron chi connectivity index (χ4n) is 3.03. The fourth-order valence-corrected chi connectivity index (χ4v) is 3.03. The van der Waals surface area contributed by atoms with Gasteiger partial charge in [-0.2, -0.15) is 0 Å². The van der Waals surface area contributed by atoms with Gasteiger partial charge in [0, 0.05) is 18.6 Å². The highest BCUT2D eigenvalue weighted by atomic mass is 19.1. The first-order chi connectivity index (χ1) is 11.0. The van der Waals surface area contributed by atoms with Crippen molar-refractivity contribution >= 4 is 11.6 Å². The number of piperidine rings is 1. The Kier molecular flexibility index (Phi) is 6.21. The summed E-state index contributed by atoms with van der Waals surface area (Å²) in [6.45, 7) is 4.11. The second-order valence-corrected chi connectivity index (χ2v) is 6.00. The predicted octanol–water partition coefficient (Wildman–Crippen LogP) is 2.81. The van der Waals surface area contributed by atoms with E-state index in [1.165, 1.54) is 26.4 Å². The predicted molar refractivity (Wildman–Crippen MR) is 87.5 cm³/mol. The van der Waals surface area contributed by atoms with E-state index in [0.29, 0.717) is 29.7 Å². The third-order valence-electron chi connectivity index (χ3n) is 4.44. The maximum absolute atomic E-state index is 13.8. The Morgan fingerprint density at radius 1 is 1.30 bits per heavy atom. The molecule has 0 saturated carbocycles. The van der Waals surface area contributed by atoms with Gasteiger partial charge in [-0.25, -0.2) is 4.39 Å². The highest BCUT2D eigenvalue weighted by molar-refractivity contribution is 5.92. The summed E-state index contributed by atoms with van der Waals surface area (Å²) in [7, 11) is 2.86. The maximum atomic E-state index is 13.8. The van der Waals surface area contributed by atoms with E-state index in [0.717, 1.165) is 25.9 Å². The molecular formula is C17H25FN2O3. The molecule has 5 nitrogen and oxygen atoms in total. The van der Waals surface area contributed by atoms with Crippen molar-refractivity contribution in [3.8, 4) is 11.5 Å². The van der Waals surface area contributed by atoms with Gasteiger partial charge < -0.3 is 20.1 Å². The SMILES string of the molecule is COc1cc(OC)c(NC(=O)CC(C)C2CCNCC2)cc1F. The van der Waals surface area contributed by atoms with Crippen LogP contribution in [0.1, 0.15) is 26.2 Å². The quantitative estimate of drug-likeness (QED) is 0.845. The van der Waals surface area contributed by atoms with Gasteiger partial charge in [0.2, 0.25) is 5.91 Å². The summed E-state index contributed by atoms with van der Waals surface area (Å²) < 4.78 is 23.9. The molecule has 23 heavy (non-hydrogen) atoms. The Morgan fingerprint density at radius 2 is 1.96 bits per heavy atom. The number of ether oxygens (including phenoxy) is 2. The Hall–Kier alpha value is -1.82. The number of hydrogen-bond donors (Lipinski definition) is 2. The average Bonchev–Trinajstić information content (AvgIpc) is 2.55. The number of halogens is 1. The monoisotopic (exact) mass is 324 g/mol. The molecule has 1 unspecified atom stereocenters.